The van der Waals surface area contributed by atoms with Crippen molar-refractivity contribution in [2.24, 2.45) is 0 Å². The van der Waals surface area contributed by atoms with Gasteiger partial charge in [-0.2, -0.15) is 5.26 Å². The Hall–Kier alpha value is -4.70. The molecule has 1 aromatic heterocycles. The fourth-order valence-corrected chi connectivity index (χ4v) is 4.02. The van der Waals surface area contributed by atoms with Gasteiger partial charge >= 0.3 is 0 Å². The Morgan fingerprint density at radius 1 is 1.03 bits per heavy atom. The molecule has 0 saturated heterocycles. The number of halogens is 1. The van der Waals surface area contributed by atoms with Crippen LogP contribution in [-0.4, -0.2) is 16.8 Å². The van der Waals surface area contributed by atoms with Crippen molar-refractivity contribution in [2.75, 3.05) is 4.90 Å². The number of aliphatic hydroxyl groups is 1. The van der Waals surface area contributed by atoms with E-state index in [1.807, 2.05) is 6.07 Å². The maximum Gasteiger partial charge on any atom is 0.294 e. The summed E-state index contributed by atoms with van der Waals surface area (Å²) in [5.41, 5.74) is 0.888. The standard InChI is InChI=1S/C26H15FN2O4/c27-19-7-3-2-6-18(19)23-22(24(30)21-13-16-5-1-4-8-20(16)33-21)25(31)26(32)29(23)17-11-9-15(14-28)10-12-17/h1-13,23,31H. The number of hydrogen-bond acceptors (Lipinski definition) is 5. The van der Waals surface area contributed by atoms with Gasteiger partial charge in [0.25, 0.3) is 5.91 Å². The molecule has 7 heteroatoms. The maximum atomic E-state index is 14.9. The second-order valence-electron chi connectivity index (χ2n) is 7.50. The molecule has 1 N–H and O–H groups in total. The number of amides is 1. The lowest BCUT2D eigenvalue weighted by molar-refractivity contribution is -0.117. The van der Waals surface area contributed by atoms with E-state index in [-0.39, 0.29) is 16.9 Å². The van der Waals surface area contributed by atoms with E-state index in [0.29, 0.717) is 22.2 Å². The number of para-hydroxylation sites is 1. The molecule has 160 valence electrons. The normalized spacial score (nSPS) is 15.8. The van der Waals surface area contributed by atoms with Crippen molar-refractivity contribution in [3.63, 3.8) is 0 Å². The van der Waals surface area contributed by atoms with E-state index >= 15 is 0 Å². The van der Waals surface area contributed by atoms with Crippen LogP contribution in [0.4, 0.5) is 10.1 Å². The number of nitrogens with zero attached hydrogens (tertiary/aromatic N) is 2. The number of fused-ring (bicyclic) bond motifs is 1. The van der Waals surface area contributed by atoms with Crippen molar-refractivity contribution in [1.82, 2.24) is 0 Å². The van der Waals surface area contributed by atoms with Crippen LogP contribution < -0.4 is 4.90 Å². The molecule has 0 bridgehead atoms. The van der Waals surface area contributed by atoms with Crippen molar-refractivity contribution >= 4 is 28.3 Å². The molecule has 0 saturated carbocycles. The fraction of sp³-hybridized carbons (Fsp3) is 0.0385. The third-order valence-corrected chi connectivity index (χ3v) is 5.58. The van der Waals surface area contributed by atoms with Crippen LogP contribution in [0.3, 0.4) is 0 Å². The molecule has 0 spiro atoms. The van der Waals surface area contributed by atoms with E-state index in [1.165, 1.54) is 48.5 Å². The SMILES string of the molecule is N#Cc1ccc(N2C(=O)C(O)=C(C(=O)c3cc4ccccc4o3)C2c2ccccc2F)cc1. The van der Waals surface area contributed by atoms with Crippen LogP contribution in [-0.2, 0) is 4.79 Å². The Labute approximate surface area is 187 Å². The fourth-order valence-electron chi connectivity index (χ4n) is 4.02. The van der Waals surface area contributed by atoms with E-state index in [0.717, 1.165) is 4.90 Å². The van der Waals surface area contributed by atoms with Crippen LogP contribution in [0.25, 0.3) is 11.0 Å². The van der Waals surface area contributed by atoms with Crippen molar-refractivity contribution in [3.05, 3.63) is 113 Å². The summed E-state index contributed by atoms with van der Waals surface area (Å²) in [4.78, 5) is 27.8. The topological polar surface area (TPSA) is 94.5 Å². The van der Waals surface area contributed by atoms with Crippen molar-refractivity contribution in [3.8, 4) is 6.07 Å². The first-order valence-electron chi connectivity index (χ1n) is 10.0. The zero-order valence-electron chi connectivity index (χ0n) is 17.0. The molecule has 2 heterocycles. The van der Waals surface area contributed by atoms with Gasteiger partial charge in [0, 0.05) is 16.6 Å². The molecule has 0 radical (unpaired) electrons. The number of anilines is 1. The summed E-state index contributed by atoms with van der Waals surface area (Å²) in [6, 6.07) is 21.0. The molecule has 3 aromatic carbocycles. The predicted octanol–water partition coefficient (Wildman–Crippen LogP) is 5.23. The minimum Gasteiger partial charge on any atom is -0.503 e. The smallest absolute Gasteiger partial charge is 0.294 e. The average Bonchev–Trinajstić information content (AvgIpc) is 3.38. The summed E-state index contributed by atoms with van der Waals surface area (Å²) >= 11 is 0. The molecular formula is C26H15FN2O4. The van der Waals surface area contributed by atoms with E-state index in [1.54, 1.807) is 30.3 Å². The quantitative estimate of drug-likeness (QED) is 0.441. The first-order chi connectivity index (χ1) is 16.0. The predicted molar refractivity (Wildman–Crippen MR) is 118 cm³/mol. The molecule has 33 heavy (non-hydrogen) atoms. The van der Waals surface area contributed by atoms with Gasteiger partial charge in [-0.1, -0.05) is 36.4 Å². The minimum atomic E-state index is -1.23. The Morgan fingerprint density at radius 2 is 1.73 bits per heavy atom. The Balaban J connectivity index is 1.67. The van der Waals surface area contributed by atoms with Crippen LogP contribution >= 0.6 is 0 Å². The molecule has 6 nitrogen and oxygen atoms in total. The lowest BCUT2D eigenvalue weighted by Crippen LogP contribution is -2.31. The van der Waals surface area contributed by atoms with Gasteiger partial charge in [-0.15, -0.1) is 0 Å². The first kappa shape index (κ1) is 20.2. The van der Waals surface area contributed by atoms with E-state index in [2.05, 4.69) is 0 Å². The Kier molecular flexibility index (Phi) is 4.76. The number of furan rings is 1. The van der Waals surface area contributed by atoms with Gasteiger partial charge in [-0.3, -0.25) is 14.5 Å². The second kappa shape index (κ2) is 7.77. The lowest BCUT2D eigenvalue weighted by atomic mass is 9.94. The molecule has 4 aromatic rings. The molecular weight excluding hydrogens is 423 g/mol. The molecule has 0 fully saturated rings. The van der Waals surface area contributed by atoms with Gasteiger partial charge in [0.05, 0.1) is 23.2 Å². The zero-order valence-corrected chi connectivity index (χ0v) is 17.0. The molecule has 1 aliphatic rings. The van der Waals surface area contributed by atoms with Crippen LogP contribution in [0.2, 0.25) is 0 Å². The number of nitriles is 1. The van der Waals surface area contributed by atoms with Gasteiger partial charge in [-0.05, 0) is 42.5 Å². The number of carbonyl (C=O) groups excluding carboxylic acids is 2. The third-order valence-electron chi connectivity index (χ3n) is 5.58. The number of benzene rings is 3. The first-order valence-corrected chi connectivity index (χ1v) is 10.0. The monoisotopic (exact) mass is 438 g/mol. The number of carbonyl (C=O) groups is 2. The molecule has 1 aliphatic heterocycles. The molecule has 1 atom stereocenters. The molecule has 0 aliphatic carbocycles. The maximum absolute atomic E-state index is 14.9. The van der Waals surface area contributed by atoms with Gasteiger partial charge in [-0.25, -0.2) is 4.39 Å². The van der Waals surface area contributed by atoms with Gasteiger partial charge in [0.1, 0.15) is 11.4 Å². The second-order valence-corrected chi connectivity index (χ2v) is 7.50. The Morgan fingerprint density at radius 3 is 2.42 bits per heavy atom. The van der Waals surface area contributed by atoms with Gasteiger partial charge < -0.3 is 9.52 Å². The van der Waals surface area contributed by atoms with E-state index in [4.69, 9.17) is 9.68 Å². The summed E-state index contributed by atoms with van der Waals surface area (Å²) in [5.74, 6) is -3.07. The Bertz CT molecular complexity index is 1460. The van der Waals surface area contributed by atoms with Crippen LogP contribution in [0.15, 0.2) is 94.6 Å². The van der Waals surface area contributed by atoms with Crippen molar-refractivity contribution in [2.45, 2.75) is 6.04 Å². The zero-order chi connectivity index (χ0) is 23.1. The van der Waals surface area contributed by atoms with Crippen molar-refractivity contribution in [1.29, 1.82) is 5.26 Å². The lowest BCUT2D eigenvalue weighted by Gasteiger charge is -2.27. The largest absolute Gasteiger partial charge is 0.503 e. The highest BCUT2D eigenvalue weighted by Gasteiger charge is 2.46. The van der Waals surface area contributed by atoms with Crippen LogP contribution in [0.5, 0.6) is 0 Å². The van der Waals surface area contributed by atoms with Gasteiger partial charge in [0.2, 0.25) is 5.78 Å². The highest BCUT2D eigenvalue weighted by molar-refractivity contribution is 6.20. The number of aliphatic hydroxyl groups excluding tert-OH is 1. The molecule has 5 rings (SSSR count). The summed E-state index contributed by atoms with van der Waals surface area (Å²) in [7, 11) is 0. The summed E-state index contributed by atoms with van der Waals surface area (Å²) in [5, 5.41) is 20.5. The van der Waals surface area contributed by atoms with E-state index in [9.17, 15) is 19.1 Å². The number of rotatable bonds is 4. The van der Waals surface area contributed by atoms with Crippen LogP contribution in [0.1, 0.15) is 27.7 Å². The summed E-state index contributed by atoms with van der Waals surface area (Å²) in [6.07, 6.45) is 0. The summed E-state index contributed by atoms with van der Waals surface area (Å²) in [6.45, 7) is 0. The molecule has 1 amide bonds. The number of ketones is 1. The van der Waals surface area contributed by atoms with Crippen LogP contribution in [0, 0.1) is 17.1 Å². The van der Waals surface area contributed by atoms with E-state index < -0.39 is 29.3 Å². The third kappa shape index (κ3) is 3.25. The van der Waals surface area contributed by atoms with Gasteiger partial charge in [0.15, 0.2) is 11.5 Å². The molecule has 1 unspecified atom stereocenters. The summed E-state index contributed by atoms with van der Waals surface area (Å²) < 4.78 is 20.5. The highest BCUT2D eigenvalue weighted by atomic mass is 19.1. The minimum absolute atomic E-state index is 0.0405. The number of hydrogen-bond donors (Lipinski definition) is 1. The number of Topliss-reactive ketones (excluding diaryl/α,β-unsaturated/α-hetero) is 1. The van der Waals surface area contributed by atoms with Crippen molar-refractivity contribution < 1.29 is 23.5 Å². The average molecular weight is 438 g/mol. The highest BCUT2D eigenvalue weighted by Crippen LogP contribution is 2.43.